The summed E-state index contributed by atoms with van der Waals surface area (Å²) in [5.74, 6) is 0.666. The number of benzene rings is 1. The summed E-state index contributed by atoms with van der Waals surface area (Å²) in [6, 6.07) is 4.68. The highest BCUT2D eigenvalue weighted by Crippen LogP contribution is 2.31. The molecule has 0 aromatic heterocycles. The molecule has 2 saturated heterocycles. The number of hydrogen-bond acceptors (Lipinski definition) is 6. The maximum atomic E-state index is 13.0. The summed E-state index contributed by atoms with van der Waals surface area (Å²) in [6.45, 7) is 1.79. The lowest BCUT2D eigenvalue weighted by molar-refractivity contribution is -0.142. The Hall–Kier alpha value is -1.84. The van der Waals surface area contributed by atoms with Gasteiger partial charge in [-0.15, -0.1) is 0 Å². The molecular weight excluding hydrogens is 360 g/mol. The van der Waals surface area contributed by atoms with E-state index in [0.29, 0.717) is 25.4 Å². The number of carbonyl (C=O) groups is 1. The molecule has 2 heterocycles. The molecule has 0 spiro atoms. The fourth-order valence-corrected chi connectivity index (χ4v) is 4.84. The second-order valence-electron chi connectivity index (χ2n) is 6.25. The standard InChI is InChI=1S/C17H24N2O6S/c1-23-13-5-6-14(24-2)16(12-13)26(21,22)19-9-7-18(8-10-19)17(20)15-4-3-11-25-15/h5-6,12,15H,3-4,7-11H2,1-2H3. The van der Waals surface area contributed by atoms with Crippen LogP contribution in [0.1, 0.15) is 12.8 Å². The highest BCUT2D eigenvalue weighted by atomic mass is 32.2. The predicted octanol–water partition coefficient (Wildman–Crippen LogP) is 0.716. The van der Waals surface area contributed by atoms with E-state index in [0.717, 1.165) is 12.8 Å². The zero-order valence-corrected chi connectivity index (χ0v) is 15.8. The van der Waals surface area contributed by atoms with Gasteiger partial charge in [0.15, 0.2) is 0 Å². The van der Waals surface area contributed by atoms with Gasteiger partial charge in [0, 0.05) is 38.9 Å². The molecule has 2 fully saturated rings. The molecule has 2 aliphatic heterocycles. The molecule has 0 aliphatic carbocycles. The smallest absolute Gasteiger partial charge is 0.251 e. The largest absolute Gasteiger partial charge is 0.497 e. The van der Waals surface area contributed by atoms with Gasteiger partial charge in [-0.3, -0.25) is 4.79 Å². The summed E-state index contributed by atoms with van der Waals surface area (Å²) < 4.78 is 43.2. The zero-order chi connectivity index (χ0) is 18.7. The Bertz CT molecular complexity index is 753. The normalized spacial score (nSPS) is 21.6. The van der Waals surface area contributed by atoms with Crippen molar-refractivity contribution >= 4 is 15.9 Å². The highest BCUT2D eigenvalue weighted by Gasteiger charge is 2.35. The van der Waals surface area contributed by atoms with E-state index in [9.17, 15) is 13.2 Å². The molecule has 1 aromatic carbocycles. The van der Waals surface area contributed by atoms with Crippen LogP contribution in [0.25, 0.3) is 0 Å². The van der Waals surface area contributed by atoms with Crippen LogP contribution in [0.15, 0.2) is 23.1 Å². The van der Waals surface area contributed by atoms with Crippen molar-refractivity contribution in [3.63, 3.8) is 0 Å². The molecule has 2 aliphatic rings. The molecule has 8 nitrogen and oxygen atoms in total. The van der Waals surface area contributed by atoms with E-state index in [2.05, 4.69) is 0 Å². The van der Waals surface area contributed by atoms with Crippen LogP contribution < -0.4 is 9.47 Å². The minimum absolute atomic E-state index is 0.0430. The Morgan fingerprint density at radius 1 is 1.15 bits per heavy atom. The first kappa shape index (κ1) is 18.9. The van der Waals surface area contributed by atoms with Crippen LogP contribution in [0.4, 0.5) is 0 Å². The topological polar surface area (TPSA) is 85.4 Å². The Morgan fingerprint density at radius 2 is 1.88 bits per heavy atom. The first-order chi connectivity index (χ1) is 12.5. The number of carbonyl (C=O) groups excluding carboxylic acids is 1. The average Bonchev–Trinajstić information content (AvgIpc) is 3.21. The van der Waals surface area contributed by atoms with Gasteiger partial charge in [-0.05, 0) is 25.0 Å². The molecule has 0 N–H and O–H groups in total. The third-order valence-electron chi connectivity index (χ3n) is 4.74. The van der Waals surface area contributed by atoms with Gasteiger partial charge in [-0.25, -0.2) is 8.42 Å². The van der Waals surface area contributed by atoms with Crippen molar-refractivity contribution < 1.29 is 27.4 Å². The number of rotatable bonds is 5. The molecule has 9 heteroatoms. The Morgan fingerprint density at radius 3 is 2.46 bits per heavy atom. The Labute approximate surface area is 153 Å². The van der Waals surface area contributed by atoms with E-state index in [-0.39, 0.29) is 35.7 Å². The van der Waals surface area contributed by atoms with Gasteiger partial charge in [0.2, 0.25) is 10.0 Å². The molecule has 1 amide bonds. The van der Waals surface area contributed by atoms with Crippen LogP contribution in [0.2, 0.25) is 0 Å². The van der Waals surface area contributed by atoms with Gasteiger partial charge < -0.3 is 19.1 Å². The number of nitrogens with zero attached hydrogens (tertiary/aromatic N) is 2. The van der Waals surface area contributed by atoms with Crippen LogP contribution in [-0.2, 0) is 19.6 Å². The molecule has 1 atom stereocenters. The van der Waals surface area contributed by atoms with E-state index in [1.54, 1.807) is 17.0 Å². The molecular formula is C17H24N2O6S. The molecule has 26 heavy (non-hydrogen) atoms. The quantitative estimate of drug-likeness (QED) is 0.744. The van der Waals surface area contributed by atoms with Crippen LogP contribution in [0, 0.1) is 0 Å². The fourth-order valence-electron chi connectivity index (χ4n) is 3.25. The van der Waals surface area contributed by atoms with Gasteiger partial charge in [-0.2, -0.15) is 4.31 Å². The Balaban J connectivity index is 1.73. The Kier molecular flexibility index (Phi) is 5.69. The van der Waals surface area contributed by atoms with Crippen molar-refractivity contribution in [1.29, 1.82) is 0 Å². The zero-order valence-electron chi connectivity index (χ0n) is 15.0. The van der Waals surface area contributed by atoms with Crippen molar-refractivity contribution in [2.24, 2.45) is 0 Å². The summed E-state index contributed by atoms with van der Waals surface area (Å²) in [4.78, 5) is 14.2. The summed E-state index contributed by atoms with van der Waals surface area (Å²) in [7, 11) is -0.837. The second kappa shape index (κ2) is 7.81. The lowest BCUT2D eigenvalue weighted by atomic mass is 10.2. The molecule has 1 unspecified atom stereocenters. The molecule has 144 valence electrons. The number of amides is 1. The molecule has 0 radical (unpaired) electrons. The number of methoxy groups -OCH3 is 2. The summed E-state index contributed by atoms with van der Waals surface area (Å²) in [5, 5.41) is 0. The number of ether oxygens (including phenoxy) is 3. The number of hydrogen-bond donors (Lipinski definition) is 0. The SMILES string of the molecule is COc1ccc(OC)c(S(=O)(=O)N2CCN(C(=O)C3CCCO3)CC2)c1. The molecule has 0 bridgehead atoms. The monoisotopic (exact) mass is 384 g/mol. The highest BCUT2D eigenvalue weighted by molar-refractivity contribution is 7.89. The van der Waals surface area contributed by atoms with Crippen LogP contribution in [-0.4, -0.2) is 76.6 Å². The van der Waals surface area contributed by atoms with E-state index in [1.807, 2.05) is 0 Å². The van der Waals surface area contributed by atoms with Crippen molar-refractivity contribution in [1.82, 2.24) is 9.21 Å². The van der Waals surface area contributed by atoms with E-state index >= 15 is 0 Å². The maximum Gasteiger partial charge on any atom is 0.251 e. The van der Waals surface area contributed by atoms with Gasteiger partial charge in [0.05, 0.1) is 14.2 Å². The lowest BCUT2D eigenvalue weighted by Crippen LogP contribution is -2.52. The van der Waals surface area contributed by atoms with Gasteiger partial charge in [0.1, 0.15) is 22.5 Å². The minimum Gasteiger partial charge on any atom is -0.497 e. The number of sulfonamides is 1. The van der Waals surface area contributed by atoms with Crippen LogP contribution in [0.5, 0.6) is 11.5 Å². The average molecular weight is 384 g/mol. The van der Waals surface area contributed by atoms with E-state index < -0.39 is 10.0 Å². The van der Waals surface area contributed by atoms with Gasteiger partial charge >= 0.3 is 0 Å². The van der Waals surface area contributed by atoms with Crippen molar-refractivity contribution in [3.8, 4) is 11.5 Å². The summed E-state index contributed by atoms with van der Waals surface area (Å²) >= 11 is 0. The summed E-state index contributed by atoms with van der Waals surface area (Å²) in [5.41, 5.74) is 0. The summed E-state index contributed by atoms with van der Waals surface area (Å²) in [6.07, 6.45) is 1.25. The third kappa shape index (κ3) is 3.65. The predicted molar refractivity (Wildman–Crippen MR) is 93.9 cm³/mol. The first-order valence-electron chi connectivity index (χ1n) is 8.60. The third-order valence-corrected chi connectivity index (χ3v) is 6.66. The van der Waals surface area contributed by atoms with Gasteiger partial charge in [0.25, 0.3) is 5.91 Å². The molecule has 3 rings (SSSR count). The van der Waals surface area contributed by atoms with Crippen LogP contribution >= 0.6 is 0 Å². The van der Waals surface area contributed by atoms with E-state index in [1.165, 1.54) is 24.6 Å². The number of piperazine rings is 1. The minimum atomic E-state index is -3.75. The van der Waals surface area contributed by atoms with E-state index in [4.69, 9.17) is 14.2 Å². The fraction of sp³-hybridized carbons (Fsp3) is 0.588. The van der Waals surface area contributed by atoms with Crippen molar-refractivity contribution in [2.75, 3.05) is 47.0 Å². The van der Waals surface area contributed by atoms with Crippen molar-refractivity contribution in [3.05, 3.63) is 18.2 Å². The molecule has 1 aromatic rings. The van der Waals surface area contributed by atoms with Gasteiger partial charge in [-0.1, -0.05) is 0 Å². The maximum absolute atomic E-state index is 13.0. The first-order valence-corrected chi connectivity index (χ1v) is 10.0. The second-order valence-corrected chi connectivity index (χ2v) is 8.15. The molecule has 0 saturated carbocycles. The van der Waals surface area contributed by atoms with Crippen LogP contribution in [0.3, 0.4) is 0 Å². The van der Waals surface area contributed by atoms with Crippen molar-refractivity contribution in [2.45, 2.75) is 23.8 Å². The lowest BCUT2D eigenvalue weighted by Gasteiger charge is -2.35.